The molecule has 1 atom stereocenters. The summed E-state index contributed by atoms with van der Waals surface area (Å²) >= 11 is 0. The average molecular weight is 367 g/mol. The Hall–Kier alpha value is -2.74. The summed E-state index contributed by atoms with van der Waals surface area (Å²) in [5.41, 5.74) is 1.53. The Balaban J connectivity index is 1.56. The van der Waals surface area contributed by atoms with E-state index in [1.54, 1.807) is 10.7 Å². The van der Waals surface area contributed by atoms with Crippen LogP contribution < -0.4 is 0 Å². The topological polar surface area (TPSA) is 71.6 Å². The molecular formula is C19H25N7O. The Bertz CT molecular complexity index is 958. The Labute approximate surface area is 158 Å². The monoisotopic (exact) mass is 367 g/mol. The Morgan fingerprint density at radius 1 is 1.26 bits per heavy atom. The summed E-state index contributed by atoms with van der Waals surface area (Å²) in [6.07, 6.45) is 3.70. The van der Waals surface area contributed by atoms with E-state index < -0.39 is 0 Å². The fraction of sp³-hybridized carbons (Fsp3) is 0.474. The van der Waals surface area contributed by atoms with Crippen LogP contribution in [0.1, 0.15) is 40.9 Å². The second kappa shape index (κ2) is 7.11. The first-order chi connectivity index (χ1) is 13.0. The number of fused-ring (bicyclic) bond motifs is 1. The van der Waals surface area contributed by atoms with E-state index in [-0.39, 0.29) is 11.8 Å². The van der Waals surface area contributed by atoms with Gasteiger partial charge in [0, 0.05) is 26.1 Å². The molecule has 0 aromatic carbocycles. The molecule has 0 bridgehead atoms. The Morgan fingerprint density at radius 3 is 2.93 bits per heavy atom. The molecule has 0 radical (unpaired) electrons. The lowest BCUT2D eigenvalue weighted by Crippen LogP contribution is -2.40. The van der Waals surface area contributed by atoms with Crippen LogP contribution in [0.2, 0.25) is 0 Å². The standard InChI is InChI=1S/C19H25N7O/c1-23(2)13-17-21-22-18(24(17)3)14-6-5-11-25(12-14)19(27)16-8-4-7-15-9-10-20-26(15)16/h4,7-10,14H,5-6,11-13H2,1-3H3/t14-/m0/s1. The van der Waals surface area contributed by atoms with Crippen molar-refractivity contribution >= 4 is 11.4 Å². The number of amides is 1. The van der Waals surface area contributed by atoms with Crippen LogP contribution in [-0.4, -0.2) is 67.3 Å². The molecule has 3 aromatic rings. The highest BCUT2D eigenvalue weighted by atomic mass is 16.2. The molecule has 0 spiro atoms. The second-order valence-corrected chi connectivity index (χ2v) is 7.44. The van der Waals surface area contributed by atoms with Gasteiger partial charge in [0.05, 0.1) is 18.3 Å². The number of likely N-dealkylation sites (tertiary alicyclic amines) is 1. The molecule has 1 saturated heterocycles. The number of nitrogens with zero attached hydrogens (tertiary/aromatic N) is 7. The summed E-state index contributed by atoms with van der Waals surface area (Å²) in [5.74, 6) is 2.12. The van der Waals surface area contributed by atoms with Gasteiger partial charge in [0.2, 0.25) is 0 Å². The zero-order valence-corrected chi connectivity index (χ0v) is 16.0. The van der Waals surface area contributed by atoms with E-state index in [9.17, 15) is 4.79 Å². The molecule has 1 amide bonds. The lowest BCUT2D eigenvalue weighted by molar-refractivity contribution is 0.0694. The maximum Gasteiger partial charge on any atom is 0.272 e. The van der Waals surface area contributed by atoms with E-state index in [0.717, 1.165) is 43.1 Å². The van der Waals surface area contributed by atoms with Gasteiger partial charge in [-0.2, -0.15) is 5.10 Å². The third-order valence-corrected chi connectivity index (χ3v) is 5.17. The summed E-state index contributed by atoms with van der Waals surface area (Å²) in [5, 5.41) is 13.1. The largest absolute Gasteiger partial charge is 0.337 e. The van der Waals surface area contributed by atoms with Crippen LogP contribution in [0.3, 0.4) is 0 Å². The van der Waals surface area contributed by atoms with E-state index >= 15 is 0 Å². The third-order valence-electron chi connectivity index (χ3n) is 5.17. The van der Waals surface area contributed by atoms with E-state index in [4.69, 9.17) is 0 Å². The predicted octanol–water partition coefficient (Wildman–Crippen LogP) is 1.54. The molecule has 0 unspecified atom stereocenters. The molecule has 1 aliphatic rings. The average Bonchev–Trinajstić information content (AvgIpc) is 3.28. The molecule has 3 aromatic heterocycles. The molecule has 4 heterocycles. The van der Waals surface area contributed by atoms with Gasteiger partial charge < -0.3 is 14.4 Å². The molecule has 8 nitrogen and oxygen atoms in total. The fourth-order valence-corrected chi connectivity index (χ4v) is 3.80. The van der Waals surface area contributed by atoms with Gasteiger partial charge in [-0.15, -0.1) is 10.2 Å². The number of aromatic nitrogens is 5. The molecule has 0 saturated carbocycles. The highest BCUT2D eigenvalue weighted by Gasteiger charge is 2.29. The smallest absolute Gasteiger partial charge is 0.272 e. The third kappa shape index (κ3) is 3.32. The van der Waals surface area contributed by atoms with Crippen molar-refractivity contribution in [3.05, 3.63) is 47.8 Å². The Morgan fingerprint density at radius 2 is 2.11 bits per heavy atom. The molecule has 142 valence electrons. The van der Waals surface area contributed by atoms with Gasteiger partial charge in [0.1, 0.15) is 17.3 Å². The molecule has 8 heteroatoms. The van der Waals surface area contributed by atoms with Crippen LogP contribution >= 0.6 is 0 Å². The summed E-state index contributed by atoms with van der Waals surface area (Å²) < 4.78 is 3.79. The lowest BCUT2D eigenvalue weighted by atomic mass is 9.97. The summed E-state index contributed by atoms with van der Waals surface area (Å²) in [4.78, 5) is 17.1. The molecule has 27 heavy (non-hydrogen) atoms. The second-order valence-electron chi connectivity index (χ2n) is 7.44. The molecular weight excluding hydrogens is 342 g/mol. The van der Waals surface area contributed by atoms with Gasteiger partial charge in [0.15, 0.2) is 0 Å². The summed E-state index contributed by atoms with van der Waals surface area (Å²) in [6, 6.07) is 7.60. The molecule has 0 aliphatic carbocycles. The number of hydrogen-bond donors (Lipinski definition) is 0. The van der Waals surface area contributed by atoms with Crippen molar-refractivity contribution in [3.8, 4) is 0 Å². The molecule has 0 N–H and O–H groups in total. The van der Waals surface area contributed by atoms with Crippen molar-refractivity contribution in [2.45, 2.75) is 25.3 Å². The van der Waals surface area contributed by atoms with Crippen molar-refractivity contribution in [3.63, 3.8) is 0 Å². The molecule has 4 rings (SSSR count). The van der Waals surface area contributed by atoms with Crippen molar-refractivity contribution in [1.29, 1.82) is 0 Å². The van der Waals surface area contributed by atoms with Crippen LogP contribution in [0.5, 0.6) is 0 Å². The SMILES string of the molecule is CN(C)Cc1nnc([C@H]2CCCN(C(=O)c3cccc4ccnn34)C2)n1C. The normalized spacial score (nSPS) is 17.8. The van der Waals surface area contributed by atoms with Crippen LogP contribution in [0.4, 0.5) is 0 Å². The fourth-order valence-electron chi connectivity index (χ4n) is 3.80. The number of carbonyl (C=O) groups excluding carboxylic acids is 1. The van der Waals surface area contributed by atoms with Crippen molar-refractivity contribution in [2.75, 3.05) is 27.2 Å². The molecule has 1 fully saturated rings. The minimum atomic E-state index is 0.0182. The van der Waals surface area contributed by atoms with Crippen molar-refractivity contribution in [1.82, 2.24) is 34.2 Å². The minimum absolute atomic E-state index is 0.0182. The van der Waals surface area contributed by atoms with Gasteiger partial charge in [-0.3, -0.25) is 4.79 Å². The Kier molecular flexibility index (Phi) is 4.65. The van der Waals surface area contributed by atoms with Crippen molar-refractivity contribution in [2.24, 2.45) is 7.05 Å². The maximum atomic E-state index is 13.1. The summed E-state index contributed by atoms with van der Waals surface area (Å²) in [6.45, 7) is 2.17. The van der Waals surface area contributed by atoms with E-state index in [1.807, 2.05) is 50.3 Å². The zero-order chi connectivity index (χ0) is 19.0. The highest BCUT2D eigenvalue weighted by Crippen LogP contribution is 2.27. The van der Waals surface area contributed by atoms with Gasteiger partial charge >= 0.3 is 0 Å². The van der Waals surface area contributed by atoms with E-state index in [0.29, 0.717) is 12.2 Å². The van der Waals surface area contributed by atoms with Gasteiger partial charge in [-0.25, -0.2) is 4.52 Å². The van der Waals surface area contributed by atoms with Gasteiger partial charge in [-0.1, -0.05) is 6.07 Å². The highest BCUT2D eigenvalue weighted by molar-refractivity contribution is 5.93. The quantitative estimate of drug-likeness (QED) is 0.700. The number of piperidine rings is 1. The van der Waals surface area contributed by atoms with Gasteiger partial charge in [-0.05, 0) is 45.1 Å². The first-order valence-corrected chi connectivity index (χ1v) is 9.29. The van der Waals surface area contributed by atoms with Crippen LogP contribution in [0.25, 0.3) is 5.52 Å². The minimum Gasteiger partial charge on any atom is -0.337 e. The van der Waals surface area contributed by atoms with Crippen LogP contribution in [-0.2, 0) is 13.6 Å². The lowest BCUT2D eigenvalue weighted by Gasteiger charge is -2.32. The number of rotatable bonds is 4. The maximum absolute atomic E-state index is 13.1. The van der Waals surface area contributed by atoms with Gasteiger partial charge in [0.25, 0.3) is 5.91 Å². The summed E-state index contributed by atoms with van der Waals surface area (Å²) in [7, 11) is 6.05. The first-order valence-electron chi connectivity index (χ1n) is 9.29. The zero-order valence-electron chi connectivity index (χ0n) is 16.0. The number of carbonyl (C=O) groups is 1. The van der Waals surface area contributed by atoms with E-state index in [2.05, 4.69) is 24.8 Å². The van der Waals surface area contributed by atoms with Crippen molar-refractivity contribution < 1.29 is 4.79 Å². The first kappa shape index (κ1) is 17.7. The van der Waals surface area contributed by atoms with Crippen LogP contribution in [0.15, 0.2) is 30.5 Å². The number of pyridine rings is 1. The predicted molar refractivity (Wildman–Crippen MR) is 101 cm³/mol. The van der Waals surface area contributed by atoms with Crippen LogP contribution in [0, 0.1) is 0 Å². The number of hydrogen-bond acceptors (Lipinski definition) is 5. The molecule has 1 aliphatic heterocycles. The van der Waals surface area contributed by atoms with E-state index in [1.165, 1.54) is 0 Å².